The van der Waals surface area contributed by atoms with E-state index in [9.17, 15) is 4.79 Å². The third kappa shape index (κ3) is 4.62. The SMILES string of the molecule is C=CCN(CCOC)C(=O)c1cc(Cl)nc(C(C)C)c1. The molecular weight excluding hydrogens is 276 g/mol. The molecule has 20 heavy (non-hydrogen) atoms. The maximum atomic E-state index is 12.5. The number of methoxy groups -OCH3 is 1. The van der Waals surface area contributed by atoms with Gasteiger partial charge in [0.15, 0.2) is 0 Å². The minimum absolute atomic E-state index is 0.0897. The van der Waals surface area contributed by atoms with Crippen LogP contribution in [0.15, 0.2) is 24.8 Å². The summed E-state index contributed by atoms with van der Waals surface area (Å²) in [4.78, 5) is 18.4. The zero-order chi connectivity index (χ0) is 15.1. The second-order valence-corrected chi connectivity index (χ2v) is 5.18. The van der Waals surface area contributed by atoms with Crippen LogP contribution in [-0.2, 0) is 4.74 Å². The quantitative estimate of drug-likeness (QED) is 0.573. The molecule has 0 bridgehead atoms. The average Bonchev–Trinajstić information content (AvgIpc) is 2.42. The standard InChI is InChI=1S/C15H21ClN2O2/c1-5-6-18(7-8-20-4)15(19)12-9-13(11(2)3)17-14(16)10-12/h5,9-11H,1,6-8H2,2-4H3. The van der Waals surface area contributed by atoms with Crippen LogP contribution in [0.1, 0.15) is 35.8 Å². The number of ether oxygens (including phenoxy) is 1. The monoisotopic (exact) mass is 296 g/mol. The maximum absolute atomic E-state index is 12.5. The van der Waals surface area contributed by atoms with E-state index in [1.54, 1.807) is 30.2 Å². The third-order valence-corrected chi connectivity index (χ3v) is 3.05. The van der Waals surface area contributed by atoms with Crippen molar-refractivity contribution < 1.29 is 9.53 Å². The maximum Gasteiger partial charge on any atom is 0.254 e. The largest absolute Gasteiger partial charge is 0.383 e. The smallest absolute Gasteiger partial charge is 0.254 e. The first-order valence-corrected chi connectivity index (χ1v) is 6.94. The van der Waals surface area contributed by atoms with Gasteiger partial charge in [0, 0.05) is 31.5 Å². The van der Waals surface area contributed by atoms with Crippen LogP contribution in [-0.4, -0.2) is 42.6 Å². The van der Waals surface area contributed by atoms with Gasteiger partial charge in [0.25, 0.3) is 5.91 Å². The summed E-state index contributed by atoms with van der Waals surface area (Å²) in [5, 5.41) is 0.338. The Labute approximate surface area is 125 Å². The fourth-order valence-corrected chi connectivity index (χ4v) is 1.97. The molecular formula is C15H21ClN2O2. The molecule has 4 nitrogen and oxygen atoms in total. The Morgan fingerprint density at radius 2 is 2.25 bits per heavy atom. The summed E-state index contributed by atoms with van der Waals surface area (Å²) in [6.07, 6.45) is 1.69. The molecule has 0 spiro atoms. The number of amides is 1. The van der Waals surface area contributed by atoms with Crippen molar-refractivity contribution in [3.05, 3.63) is 41.2 Å². The van der Waals surface area contributed by atoms with E-state index in [2.05, 4.69) is 11.6 Å². The van der Waals surface area contributed by atoms with Crippen molar-refractivity contribution in [1.82, 2.24) is 9.88 Å². The van der Waals surface area contributed by atoms with Crippen molar-refractivity contribution in [2.24, 2.45) is 0 Å². The number of halogens is 1. The molecule has 0 aliphatic heterocycles. The molecule has 0 unspecified atom stereocenters. The molecule has 0 atom stereocenters. The van der Waals surface area contributed by atoms with E-state index in [1.165, 1.54) is 0 Å². The molecule has 0 N–H and O–H groups in total. The van der Waals surface area contributed by atoms with E-state index < -0.39 is 0 Å². The summed E-state index contributed by atoms with van der Waals surface area (Å²) in [5.41, 5.74) is 1.36. The first-order chi connectivity index (χ1) is 9.49. The van der Waals surface area contributed by atoms with Gasteiger partial charge >= 0.3 is 0 Å². The van der Waals surface area contributed by atoms with Crippen molar-refractivity contribution in [3.8, 4) is 0 Å². The summed E-state index contributed by atoms with van der Waals surface area (Å²) in [5.74, 6) is 0.125. The summed E-state index contributed by atoms with van der Waals surface area (Å²) in [6, 6.07) is 3.39. The summed E-state index contributed by atoms with van der Waals surface area (Å²) >= 11 is 6.00. The Hall–Kier alpha value is -1.39. The highest BCUT2D eigenvalue weighted by molar-refractivity contribution is 6.29. The van der Waals surface area contributed by atoms with Gasteiger partial charge in [-0.15, -0.1) is 6.58 Å². The Morgan fingerprint density at radius 1 is 1.55 bits per heavy atom. The third-order valence-electron chi connectivity index (χ3n) is 2.85. The van der Waals surface area contributed by atoms with E-state index in [0.717, 1.165) is 5.69 Å². The molecule has 0 aliphatic carbocycles. The Balaban J connectivity index is 3.01. The topological polar surface area (TPSA) is 42.4 Å². The van der Waals surface area contributed by atoms with E-state index in [4.69, 9.17) is 16.3 Å². The summed E-state index contributed by atoms with van der Waals surface area (Å²) < 4.78 is 5.02. The van der Waals surface area contributed by atoms with Crippen LogP contribution in [0.4, 0.5) is 0 Å². The predicted molar refractivity (Wildman–Crippen MR) is 81.3 cm³/mol. The number of carbonyl (C=O) groups is 1. The minimum Gasteiger partial charge on any atom is -0.383 e. The Bertz CT molecular complexity index is 475. The molecule has 0 saturated heterocycles. The number of nitrogens with zero attached hydrogens (tertiary/aromatic N) is 2. The summed E-state index contributed by atoms with van der Waals surface area (Å²) in [7, 11) is 1.61. The van der Waals surface area contributed by atoms with Crippen LogP contribution < -0.4 is 0 Å². The van der Waals surface area contributed by atoms with Crippen molar-refractivity contribution in [2.75, 3.05) is 26.8 Å². The number of pyridine rings is 1. The number of carbonyl (C=O) groups excluding carboxylic acids is 1. The number of hydrogen-bond acceptors (Lipinski definition) is 3. The summed E-state index contributed by atoms with van der Waals surface area (Å²) in [6.45, 7) is 9.17. The molecule has 0 aromatic carbocycles. The van der Waals surface area contributed by atoms with Gasteiger partial charge in [-0.2, -0.15) is 0 Å². The molecule has 1 aromatic rings. The molecule has 0 aliphatic rings. The van der Waals surface area contributed by atoms with Crippen LogP contribution in [0.25, 0.3) is 0 Å². The second kappa shape index (κ2) is 8.02. The zero-order valence-electron chi connectivity index (χ0n) is 12.2. The molecule has 1 heterocycles. The van der Waals surface area contributed by atoms with Gasteiger partial charge in [-0.3, -0.25) is 4.79 Å². The fourth-order valence-electron chi connectivity index (χ4n) is 1.75. The first-order valence-electron chi connectivity index (χ1n) is 6.56. The zero-order valence-corrected chi connectivity index (χ0v) is 13.0. The minimum atomic E-state index is -0.0897. The highest BCUT2D eigenvalue weighted by Gasteiger charge is 2.17. The van der Waals surface area contributed by atoms with Gasteiger partial charge in [-0.05, 0) is 18.1 Å². The van der Waals surface area contributed by atoms with Gasteiger partial charge in [0.2, 0.25) is 0 Å². The highest BCUT2D eigenvalue weighted by atomic mass is 35.5. The molecule has 0 fully saturated rings. The van der Waals surface area contributed by atoms with Crippen molar-refractivity contribution >= 4 is 17.5 Å². The van der Waals surface area contributed by atoms with Crippen LogP contribution >= 0.6 is 11.6 Å². The number of hydrogen-bond donors (Lipinski definition) is 0. The number of aromatic nitrogens is 1. The molecule has 0 radical (unpaired) electrons. The molecule has 110 valence electrons. The fraction of sp³-hybridized carbons (Fsp3) is 0.467. The molecule has 1 aromatic heterocycles. The van der Waals surface area contributed by atoms with E-state index in [1.807, 2.05) is 13.8 Å². The Morgan fingerprint density at radius 3 is 2.80 bits per heavy atom. The van der Waals surface area contributed by atoms with E-state index >= 15 is 0 Å². The lowest BCUT2D eigenvalue weighted by Crippen LogP contribution is -2.34. The van der Waals surface area contributed by atoms with Crippen molar-refractivity contribution in [1.29, 1.82) is 0 Å². The predicted octanol–water partition coefficient (Wildman–Crippen LogP) is 3.13. The van der Waals surface area contributed by atoms with Gasteiger partial charge in [-0.1, -0.05) is 31.5 Å². The lowest BCUT2D eigenvalue weighted by molar-refractivity contribution is 0.0718. The molecule has 1 rings (SSSR count). The normalized spacial score (nSPS) is 10.7. The van der Waals surface area contributed by atoms with Gasteiger partial charge in [0.05, 0.1) is 6.61 Å². The lowest BCUT2D eigenvalue weighted by Gasteiger charge is -2.21. The number of rotatable bonds is 7. The average molecular weight is 297 g/mol. The molecule has 1 amide bonds. The van der Waals surface area contributed by atoms with Crippen LogP contribution in [0.5, 0.6) is 0 Å². The first kappa shape index (κ1) is 16.7. The van der Waals surface area contributed by atoms with E-state index in [0.29, 0.717) is 30.4 Å². The van der Waals surface area contributed by atoms with Crippen LogP contribution in [0, 0.1) is 0 Å². The van der Waals surface area contributed by atoms with Crippen LogP contribution in [0.2, 0.25) is 5.15 Å². The van der Waals surface area contributed by atoms with E-state index in [-0.39, 0.29) is 11.8 Å². The van der Waals surface area contributed by atoms with Crippen LogP contribution in [0.3, 0.4) is 0 Å². The Kier molecular flexibility index (Phi) is 6.68. The highest BCUT2D eigenvalue weighted by Crippen LogP contribution is 2.19. The molecule has 0 saturated carbocycles. The van der Waals surface area contributed by atoms with Gasteiger partial charge in [0.1, 0.15) is 5.15 Å². The lowest BCUT2D eigenvalue weighted by atomic mass is 10.1. The van der Waals surface area contributed by atoms with Gasteiger partial charge in [-0.25, -0.2) is 4.98 Å². The van der Waals surface area contributed by atoms with Crippen molar-refractivity contribution in [3.63, 3.8) is 0 Å². The second-order valence-electron chi connectivity index (χ2n) is 4.79. The van der Waals surface area contributed by atoms with Crippen molar-refractivity contribution in [2.45, 2.75) is 19.8 Å². The van der Waals surface area contributed by atoms with Gasteiger partial charge < -0.3 is 9.64 Å². The molecule has 5 heteroatoms.